The van der Waals surface area contributed by atoms with E-state index < -0.39 is 0 Å². The fraction of sp³-hybridized carbons (Fsp3) is 0.579. The van der Waals surface area contributed by atoms with Gasteiger partial charge in [-0.15, -0.1) is 0 Å². The van der Waals surface area contributed by atoms with Crippen molar-refractivity contribution in [2.75, 3.05) is 6.54 Å². The molecule has 1 aliphatic rings. The predicted molar refractivity (Wildman–Crippen MR) is 93.2 cm³/mol. The Balaban J connectivity index is 1.66. The fourth-order valence-electron chi connectivity index (χ4n) is 3.58. The van der Waals surface area contributed by atoms with Crippen molar-refractivity contribution < 1.29 is 4.79 Å². The maximum Gasteiger partial charge on any atom is 0.223 e. The lowest BCUT2D eigenvalue weighted by molar-refractivity contribution is -0.124. The van der Waals surface area contributed by atoms with Crippen molar-refractivity contribution in [2.45, 2.75) is 52.5 Å². The minimum Gasteiger partial charge on any atom is -0.356 e. The van der Waals surface area contributed by atoms with Gasteiger partial charge >= 0.3 is 0 Å². The summed E-state index contributed by atoms with van der Waals surface area (Å²) in [6.07, 6.45) is 9.45. The van der Waals surface area contributed by atoms with Gasteiger partial charge in [-0.25, -0.2) is 4.98 Å². The summed E-state index contributed by atoms with van der Waals surface area (Å²) in [5, 5.41) is 4.33. The van der Waals surface area contributed by atoms with Gasteiger partial charge in [0.1, 0.15) is 5.65 Å². The monoisotopic (exact) mass is 313 g/mol. The summed E-state index contributed by atoms with van der Waals surface area (Å²) in [5.41, 5.74) is 2.33. The summed E-state index contributed by atoms with van der Waals surface area (Å²) < 4.78 is 2.24. The van der Waals surface area contributed by atoms with E-state index in [4.69, 9.17) is 0 Å². The van der Waals surface area contributed by atoms with Crippen LogP contribution in [-0.2, 0) is 17.8 Å². The standard InChI is InChI=1S/C19H27N3O/c1-14(2)12-22-13-16(17-8-5-10-20-18(17)22)9-11-21-19(23)15-6-3-4-7-15/h5,8,10,13-15H,3-4,6-7,9,11-12H2,1-2H3,(H,21,23). The Bertz CT molecular complexity index is 668. The third-order valence-corrected chi connectivity index (χ3v) is 4.70. The van der Waals surface area contributed by atoms with E-state index in [0.29, 0.717) is 12.5 Å². The molecule has 0 bridgehead atoms. The van der Waals surface area contributed by atoms with Crippen molar-refractivity contribution in [1.82, 2.24) is 14.9 Å². The Morgan fingerprint density at radius 2 is 2.17 bits per heavy atom. The molecule has 1 saturated carbocycles. The first-order valence-corrected chi connectivity index (χ1v) is 8.85. The van der Waals surface area contributed by atoms with E-state index in [9.17, 15) is 4.79 Å². The lowest BCUT2D eigenvalue weighted by Gasteiger charge is -2.09. The van der Waals surface area contributed by atoms with E-state index in [2.05, 4.69) is 41.0 Å². The van der Waals surface area contributed by atoms with Gasteiger partial charge in [0, 0.05) is 36.8 Å². The van der Waals surface area contributed by atoms with E-state index in [1.165, 1.54) is 23.8 Å². The number of nitrogens with zero attached hydrogens (tertiary/aromatic N) is 2. The molecule has 23 heavy (non-hydrogen) atoms. The number of fused-ring (bicyclic) bond motifs is 1. The summed E-state index contributed by atoms with van der Waals surface area (Å²) in [4.78, 5) is 16.7. The molecule has 0 atom stereocenters. The van der Waals surface area contributed by atoms with Crippen molar-refractivity contribution in [1.29, 1.82) is 0 Å². The summed E-state index contributed by atoms with van der Waals surface area (Å²) in [7, 11) is 0. The average molecular weight is 313 g/mol. The van der Waals surface area contributed by atoms with E-state index in [1.54, 1.807) is 0 Å². The van der Waals surface area contributed by atoms with Crippen molar-refractivity contribution in [3.63, 3.8) is 0 Å². The molecule has 1 N–H and O–H groups in total. The van der Waals surface area contributed by atoms with Crippen LogP contribution in [0.3, 0.4) is 0 Å². The van der Waals surface area contributed by atoms with Gasteiger partial charge in [-0.05, 0) is 42.9 Å². The smallest absolute Gasteiger partial charge is 0.223 e. The van der Waals surface area contributed by atoms with Crippen LogP contribution in [0.1, 0.15) is 45.1 Å². The topological polar surface area (TPSA) is 46.9 Å². The Hall–Kier alpha value is -1.84. The molecule has 1 amide bonds. The maximum atomic E-state index is 12.1. The molecule has 0 saturated heterocycles. The minimum atomic E-state index is 0.242. The number of pyridine rings is 1. The Labute approximate surface area is 138 Å². The zero-order chi connectivity index (χ0) is 16.2. The largest absolute Gasteiger partial charge is 0.356 e. The van der Waals surface area contributed by atoms with Gasteiger partial charge < -0.3 is 9.88 Å². The van der Waals surface area contributed by atoms with Crippen LogP contribution >= 0.6 is 0 Å². The van der Waals surface area contributed by atoms with E-state index >= 15 is 0 Å². The molecule has 0 unspecified atom stereocenters. The third-order valence-electron chi connectivity index (χ3n) is 4.70. The maximum absolute atomic E-state index is 12.1. The highest BCUT2D eigenvalue weighted by atomic mass is 16.1. The zero-order valence-corrected chi connectivity index (χ0v) is 14.2. The quantitative estimate of drug-likeness (QED) is 0.886. The third kappa shape index (κ3) is 3.74. The summed E-state index contributed by atoms with van der Waals surface area (Å²) >= 11 is 0. The minimum absolute atomic E-state index is 0.242. The van der Waals surface area contributed by atoms with Crippen LogP contribution in [0.4, 0.5) is 0 Å². The molecule has 1 aliphatic carbocycles. The van der Waals surface area contributed by atoms with Crippen molar-refractivity contribution in [3.05, 3.63) is 30.1 Å². The molecule has 0 aliphatic heterocycles. The van der Waals surface area contributed by atoms with Crippen LogP contribution in [0.5, 0.6) is 0 Å². The van der Waals surface area contributed by atoms with Crippen molar-refractivity contribution in [2.24, 2.45) is 11.8 Å². The molecular formula is C19H27N3O. The number of carbonyl (C=O) groups is 1. The first-order valence-electron chi connectivity index (χ1n) is 8.85. The summed E-state index contributed by atoms with van der Waals surface area (Å²) in [6.45, 7) is 6.12. The summed E-state index contributed by atoms with van der Waals surface area (Å²) in [5.74, 6) is 1.08. The molecule has 0 radical (unpaired) electrons. The number of carbonyl (C=O) groups excluding carboxylic acids is 1. The van der Waals surface area contributed by atoms with Crippen LogP contribution in [-0.4, -0.2) is 22.0 Å². The molecule has 2 heterocycles. The van der Waals surface area contributed by atoms with Crippen LogP contribution in [0.25, 0.3) is 11.0 Å². The predicted octanol–water partition coefficient (Wildman–Crippen LogP) is 3.54. The van der Waals surface area contributed by atoms with Crippen LogP contribution in [0.15, 0.2) is 24.5 Å². The first kappa shape index (κ1) is 16.0. The zero-order valence-electron chi connectivity index (χ0n) is 14.2. The van der Waals surface area contributed by atoms with Gasteiger partial charge in [0.05, 0.1) is 0 Å². The number of nitrogens with one attached hydrogen (secondary N) is 1. The van der Waals surface area contributed by atoms with Gasteiger partial charge in [0.15, 0.2) is 0 Å². The highest BCUT2D eigenvalue weighted by Crippen LogP contribution is 2.25. The molecule has 4 nitrogen and oxygen atoms in total. The number of hydrogen-bond donors (Lipinski definition) is 1. The Morgan fingerprint density at radius 3 is 2.91 bits per heavy atom. The normalized spacial score (nSPS) is 15.6. The average Bonchev–Trinajstić information content (AvgIpc) is 3.16. The van der Waals surface area contributed by atoms with Gasteiger partial charge in [0.2, 0.25) is 5.91 Å². The molecule has 0 spiro atoms. The lowest BCUT2D eigenvalue weighted by Crippen LogP contribution is -2.30. The van der Waals surface area contributed by atoms with E-state index in [1.807, 2.05) is 12.3 Å². The molecule has 0 aromatic carbocycles. The second-order valence-corrected chi connectivity index (χ2v) is 7.10. The highest BCUT2D eigenvalue weighted by Gasteiger charge is 2.22. The van der Waals surface area contributed by atoms with Gasteiger partial charge in [0.25, 0.3) is 0 Å². The molecule has 2 aromatic rings. The molecule has 1 fully saturated rings. The molecule has 2 aromatic heterocycles. The Kier molecular flexibility index (Phi) is 4.99. The first-order chi connectivity index (χ1) is 11.1. The number of aromatic nitrogens is 2. The number of hydrogen-bond acceptors (Lipinski definition) is 2. The van der Waals surface area contributed by atoms with Crippen LogP contribution in [0.2, 0.25) is 0 Å². The lowest BCUT2D eigenvalue weighted by atomic mass is 10.1. The summed E-state index contributed by atoms with van der Waals surface area (Å²) in [6, 6.07) is 4.12. The molecule has 3 rings (SSSR count). The van der Waals surface area contributed by atoms with Gasteiger partial charge in [-0.3, -0.25) is 4.79 Å². The number of rotatable bonds is 6. The van der Waals surface area contributed by atoms with Gasteiger partial charge in [-0.2, -0.15) is 0 Å². The SMILES string of the molecule is CC(C)Cn1cc(CCNC(=O)C2CCCC2)c2cccnc21. The molecule has 124 valence electrons. The Morgan fingerprint density at radius 1 is 1.39 bits per heavy atom. The van der Waals surface area contributed by atoms with Crippen molar-refractivity contribution >= 4 is 16.9 Å². The van der Waals surface area contributed by atoms with Crippen LogP contribution < -0.4 is 5.32 Å². The molecule has 4 heteroatoms. The fourth-order valence-corrected chi connectivity index (χ4v) is 3.58. The second-order valence-electron chi connectivity index (χ2n) is 7.10. The van der Waals surface area contributed by atoms with E-state index in [0.717, 1.165) is 31.5 Å². The van der Waals surface area contributed by atoms with Crippen molar-refractivity contribution in [3.8, 4) is 0 Å². The number of amides is 1. The van der Waals surface area contributed by atoms with Gasteiger partial charge in [-0.1, -0.05) is 26.7 Å². The van der Waals surface area contributed by atoms with Crippen LogP contribution in [0, 0.1) is 11.8 Å². The molecular weight excluding hydrogens is 286 g/mol. The highest BCUT2D eigenvalue weighted by molar-refractivity contribution is 5.81. The van der Waals surface area contributed by atoms with E-state index in [-0.39, 0.29) is 11.8 Å². The second kappa shape index (κ2) is 7.16.